The molecule has 1 aromatic carbocycles. The Hall–Kier alpha value is -1.13. The topological polar surface area (TPSA) is 24.8 Å². The van der Waals surface area contributed by atoms with E-state index in [-0.39, 0.29) is 0 Å². The summed E-state index contributed by atoms with van der Waals surface area (Å²) in [6.45, 7) is 16.5. The Kier molecular flexibility index (Phi) is 7.70. The number of nitrogens with zero attached hydrogens (tertiary/aromatic N) is 2. The van der Waals surface area contributed by atoms with Gasteiger partial charge in [-0.25, -0.2) is 0 Å². The normalized spacial score (nSPS) is 20.2. The van der Waals surface area contributed by atoms with Gasteiger partial charge in [-0.15, -0.1) is 0 Å². The van der Waals surface area contributed by atoms with Crippen molar-refractivity contribution >= 4 is 13.8 Å². The van der Waals surface area contributed by atoms with Crippen LogP contribution >= 0.6 is 0 Å². The average molecular weight is 389 g/mol. The summed E-state index contributed by atoms with van der Waals surface area (Å²) in [6, 6.07) is 11.4. The standard InChI is InChI=1S/C23H40N2OSi/c1-8-21(24-25-16-12-15-20(25)18-26-5)22(27(6,7)23(2,3)4)17-19-13-10-9-11-14-19/h9-11,13-14,20,22H,8,12,15-18H2,1-7H3/t20-,22-/m0/s1. The van der Waals surface area contributed by atoms with E-state index in [0.29, 0.717) is 16.6 Å². The monoisotopic (exact) mass is 388 g/mol. The number of methoxy groups -OCH3 is 1. The second kappa shape index (κ2) is 9.38. The predicted molar refractivity (Wildman–Crippen MR) is 120 cm³/mol. The summed E-state index contributed by atoms with van der Waals surface area (Å²) in [5, 5.41) is 7.93. The van der Waals surface area contributed by atoms with Gasteiger partial charge in [0.2, 0.25) is 0 Å². The smallest absolute Gasteiger partial charge is 0.0704 e. The Balaban J connectivity index is 2.38. The van der Waals surface area contributed by atoms with Gasteiger partial charge in [-0.1, -0.05) is 71.1 Å². The molecule has 2 rings (SSSR count). The molecule has 0 unspecified atom stereocenters. The maximum atomic E-state index is 5.45. The average Bonchev–Trinajstić information content (AvgIpc) is 3.05. The molecule has 1 fully saturated rings. The van der Waals surface area contributed by atoms with Crippen molar-refractivity contribution < 1.29 is 4.74 Å². The molecular weight excluding hydrogens is 348 g/mol. The second-order valence-electron chi connectivity index (χ2n) is 9.57. The summed E-state index contributed by atoms with van der Waals surface area (Å²) in [7, 11) is 0.198. The summed E-state index contributed by atoms with van der Waals surface area (Å²) in [5.41, 5.74) is 3.38. The van der Waals surface area contributed by atoms with E-state index >= 15 is 0 Å². The Bertz CT molecular complexity index is 607. The first-order chi connectivity index (χ1) is 12.7. The molecule has 1 saturated heterocycles. The van der Waals surface area contributed by atoms with Crippen LogP contribution in [0.5, 0.6) is 0 Å². The molecule has 0 bridgehead atoms. The molecule has 0 amide bonds. The van der Waals surface area contributed by atoms with Crippen LogP contribution in [0.15, 0.2) is 35.4 Å². The molecule has 0 aromatic heterocycles. The lowest BCUT2D eigenvalue weighted by molar-refractivity contribution is 0.117. The number of hydrogen-bond acceptors (Lipinski definition) is 3. The third-order valence-corrected chi connectivity index (χ3v) is 13.0. The molecule has 0 saturated carbocycles. The Morgan fingerprint density at radius 2 is 1.93 bits per heavy atom. The van der Waals surface area contributed by atoms with Crippen LogP contribution < -0.4 is 0 Å². The SMILES string of the molecule is CCC(=NN1CCC[C@H]1COC)[C@H](Cc1ccccc1)[Si](C)(C)C(C)(C)C. The molecule has 0 N–H and O–H groups in total. The molecule has 3 nitrogen and oxygen atoms in total. The molecule has 2 atom stereocenters. The van der Waals surface area contributed by atoms with Crippen molar-refractivity contribution in [3.63, 3.8) is 0 Å². The molecule has 1 heterocycles. The summed E-state index contributed by atoms with van der Waals surface area (Å²) in [4.78, 5) is 0. The molecule has 1 aliphatic rings. The van der Waals surface area contributed by atoms with Crippen molar-refractivity contribution in [2.45, 2.75) is 83.1 Å². The van der Waals surface area contributed by atoms with Crippen LogP contribution in [0, 0.1) is 0 Å². The van der Waals surface area contributed by atoms with Crippen LogP contribution in [0.25, 0.3) is 0 Å². The van der Waals surface area contributed by atoms with Gasteiger partial charge in [0.15, 0.2) is 0 Å². The highest BCUT2D eigenvalue weighted by atomic mass is 28.3. The molecule has 1 aromatic rings. The van der Waals surface area contributed by atoms with Crippen LogP contribution in [-0.4, -0.2) is 45.1 Å². The summed E-state index contributed by atoms with van der Waals surface area (Å²) in [5.74, 6) is 0. The zero-order valence-corrected chi connectivity index (χ0v) is 19.6. The first-order valence-corrected chi connectivity index (χ1v) is 13.6. The zero-order chi connectivity index (χ0) is 20.1. The van der Waals surface area contributed by atoms with Gasteiger partial charge < -0.3 is 4.74 Å². The van der Waals surface area contributed by atoms with E-state index in [4.69, 9.17) is 9.84 Å². The molecule has 0 spiro atoms. The molecular formula is C23H40N2OSi. The third-order valence-electron chi connectivity index (χ3n) is 6.81. The van der Waals surface area contributed by atoms with E-state index in [9.17, 15) is 0 Å². The van der Waals surface area contributed by atoms with Crippen molar-refractivity contribution in [2.75, 3.05) is 20.3 Å². The predicted octanol–water partition coefficient (Wildman–Crippen LogP) is 5.98. The van der Waals surface area contributed by atoms with Gasteiger partial charge in [-0.3, -0.25) is 5.01 Å². The first kappa shape index (κ1) is 22.2. The maximum Gasteiger partial charge on any atom is 0.0704 e. The molecule has 152 valence electrons. The third kappa shape index (κ3) is 5.45. The lowest BCUT2D eigenvalue weighted by Crippen LogP contribution is -2.46. The zero-order valence-electron chi connectivity index (χ0n) is 18.6. The first-order valence-electron chi connectivity index (χ1n) is 10.6. The van der Waals surface area contributed by atoms with E-state index in [1.54, 1.807) is 7.11 Å². The van der Waals surface area contributed by atoms with Crippen molar-refractivity contribution in [3.8, 4) is 0 Å². The van der Waals surface area contributed by atoms with E-state index in [2.05, 4.69) is 76.1 Å². The highest BCUT2D eigenvalue weighted by molar-refractivity contribution is 6.84. The number of rotatable bonds is 8. The highest BCUT2D eigenvalue weighted by Crippen LogP contribution is 2.46. The van der Waals surface area contributed by atoms with Crippen molar-refractivity contribution in [3.05, 3.63) is 35.9 Å². The van der Waals surface area contributed by atoms with Gasteiger partial charge >= 0.3 is 0 Å². The Labute approximate surface area is 168 Å². The van der Waals surface area contributed by atoms with Gasteiger partial charge in [-0.05, 0) is 41.8 Å². The quantitative estimate of drug-likeness (QED) is 0.404. The number of hydrazone groups is 1. The minimum Gasteiger partial charge on any atom is -0.382 e. The van der Waals surface area contributed by atoms with E-state index in [1.165, 1.54) is 24.1 Å². The van der Waals surface area contributed by atoms with Gasteiger partial charge in [0, 0.05) is 19.4 Å². The van der Waals surface area contributed by atoms with E-state index in [1.807, 2.05) is 0 Å². The van der Waals surface area contributed by atoms with Gasteiger partial charge in [0.25, 0.3) is 0 Å². The van der Waals surface area contributed by atoms with E-state index < -0.39 is 8.07 Å². The van der Waals surface area contributed by atoms with Gasteiger partial charge in [0.1, 0.15) is 0 Å². The fourth-order valence-electron chi connectivity index (χ4n) is 4.03. The number of hydrogen-bond donors (Lipinski definition) is 0. The molecule has 0 aliphatic carbocycles. The number of ether oxygens (including phenoxy) is 1. The lowest BCUT2D eigenvalue weighted by atomic mass is 10.1. The van der Waals surface area contributed by atoms with Crippen molar-refractivity contribution in [1.29, 1.82) is 0 Å². The molecule has 27 heavy (non-hydrogen) atoms. The second-order valence-corrected chi connectivity index (χ2v) is 15.2. The molecule has 4 heteroatoms. The largest absolute Gasteiger partial charge is 0.382 e. The minimum absolute atomic E-state index is 0.333. The van der Waals surface area contributed by atoms with Crippen LogP contribution in [0.4, 0.5) is 0 Å². The minimum atomic E-state index is -1.60. The van der Waals surface area contributed by atoms with Crippen LogP contribution in [-0.2, 0) is 11.2 Å². The fraction of sp³-hybridized carbons (Fsp3) is 0.696. The Morgan fingerprint density at radius 1 is 1.26 bits per heavy atom. The van der Waals surface area contributed by atoms with Gasteiger partial charge in [-0.2, -0.15) is 5.10 Å². The molecule has 0 radical (unpaired) electrons. The van der Waals surface area contributed by atoms with Crippen LogP contribution in [0.3, 0.4) is 0 Å². The van der Waals surface area contributed by atoms with Crippen LogP contribution in [0.1, 0.15) is 52.5 Å². The van der Waals surface area contributed by atoms with Crippen molar-refractivity contribution in [1.82, 2.24) is 5.01 Å². The number of benzene rings is 1. The van der Waals surface area contributed by atoms with E-state index in [0.717, 1.165) is 26.0 Å². The maximum absolute atomic E-state index is 5.45. The van der Waals surface area contributed by atoms with Gasteiger partial charge in [0.05, 0.1) is 20.7 Å². The molecule has 1 aliphatic heterocycles. The lowest BCUT2D eigenvalue weighted by Gasteiger charge is -2.44. The highest BCUT2D eigenvalue weighted by Gasteiger charge is 2.44. The Morgan fingerprint density at radius 3 is 2.48 bits per heavy atom. The summed E-state index contributed by atoms with van der Waals surface area (Å²) >= 11 is 0. The van der Waals surface area contributed by atoms with Crippen molar-refractivity contribution in [2.24, 2.45) is 5.10 Å². The summed E-state index contributed by atoms with van der Waals surface area (Å²) < 4.78 is 5.45. The van der Waals surface area contributed by atoms with Crippen LogP contribution in [0.2, 0.25) is 23.7 Å². The summed E-state index contributed by atoms with van der Waals surface area (Å²) in [6.07, 6.45) is 4.54. The fourth-order valence-corrected chi connectivity index (χ4v) is 6.91.